The molecule has 0 atom stereocenters. The molecule has 1 aromatic carbocycles. The van der Waals surface area contributed by atoms with Crippen LogP contribution >= 0.6 is 0 Å². The minimum absolute atomic E-state index is 0.448. The van der Waals surface area contributed by atoms with Crippen LogP contribution in [0.5, 0.6) is 5.88 Å². The fourth-order valence-electron chi connectivity index (χ4n) is 1.86. The van der Waals surface area contributed by atoms with Crippen LogP contribution in [0.1, 0.15) is 0 Å². The molecule has 100 valence electrons. The van der Waals surface area contributed by atoms with Gasteiger partial charge in [0.15, 0.2) is 5.82 Å². The molecule has 0 saturated heterocycles. The van der Waals surface area contributed by atoms with Gasteiger partial charge in [0, 0.05) is 17.4 Å². The van der Waals surface area contributed by atoms with Crippen molar-refractivity contribution >= 4 is 5.69 Å². The highest BCUT2D eigenvalue weighted by molar-refractivity contribution is 5.66. The highest BCUT2D eigenvalue weighted by Crippen LogP contribution is 2.21. The van der Waals surface area contributed by atoms with Crippen molar-refractivity contribution in [2.24, 2.45) is 0 Å². The average Bonchev–Trinajstić information content (AvgIpc) is 2.97. The summed E-state index contributed by atoms with van der Waals surface area (Å²) < 4.78 is 6.70. The van der Waals surface area contributed by atoms with Gasteiger partial charge in [-0.3, -0.25) is 4.98 Å². The predicted molar refractivity (Wildman–Crippen MR) is 75.6 cm³/mol. The van der Waals surface area contributed by atoms with Crippen LogP contribution < -0.4 is 10.5 Å². The summed E-state index contributed by atoms with van der Waals surface area (Å²) in [5, 5.41) is 4.29. The van der Waals surface area contributed by atoms with E-state index >= 15 is 0 Å². The molecule has 0 saturated carbocycles. The molecule has 0 aliphatic rings. The number of aromatic nitrogens is 4. The van der Waals surface area contributed by atoms with Crippen molar-refractivity contribution in [1.82, 2.24) is 19.7 Å². The minimum atomic E-state index is 0.448. The van der Waals surface area contributed by atoms with E-state index in [1.165, 1.54) is 0 Å². The van der Waals surface area contributed by atoms with E-state index in [9.17, 15) is 0 Å². The maximum Gasteiger partial charge on any atom is 0.234 e. The fourth-order valence-corrected chi connectivity index (χ4v) is 1.86. The van der Waals surface area contributed by atoms with E-state index in [-0.39, 0.29) is 0 Å². The molecule has 0 unspecified atom stereocenters. The number of ether oxygens (including phenoxy) is 1. The first-order valence-corrected chi connectivity index (χ1v) is 6.03. The first-order valence-electron chi connectivity index (χ1n) is 6.03. The standard InChI is InChI=1S/C14H13N5O/c1-20-14-8-16-7-13(18-14)19-9-11(6-17-19)10-3-2-4-12(15)5-10/h2-9H,15H2,1H3. The van der Waals surface area contributed by atoms with Crippen molar-refractivity contribution in [2.75, 3.05) is 12.8 Å². The lowest BCUT2D eigenvalue weighted by Crippen LogP contribution is -2.00. The Kier molecular flexibility index (Phi) is 3.04. The lowest BCUT2D eigenvalue weighted by molar-refractivity contribution is 0.394. The fraction of sp³-hybridized carbons (Fsp3) is 0.0714. The highest BCUT2D eigenvalue weighted by atomic mass is 16.5. The Morgan fingerprint density at radius 2 is 2.05 bits per heavy atom. The third-order valence-corrected chi connectivity index (χ3v) is 2.85. The number of hydrogen-bond donors (Lipinski definition) is 1. The zero-order valence-electron chi connectivity index (χ0n) is 10.9. The number of rotatable bonds is 3. The quantitative estimate of drug-likeness (QED) is 0.733. The summed E-state index contributed by atoms with van der Waals surface area (Å²) in [6.45, 7) is 0. The Labute approximate surface area is 115 Å². The molecule has 0 amide bonds. The molecular weight excluding hydrogens is 254 g/mol. The summed E-state index contributed by atoms with van der Waals surface area (Å²) in [6, 6.07) is 7.64. The van der Waals surface area contributed by atoms with Gasteiger partial charge in [-0.15, -0.1) is 0 Å². The predicted octanol–water partition coefficient (Wildman–Crippen LogP) is 1.92. The summed E-state index contributed by atoms with van der Waals surface area (Å²) >= 11 is 0. The molecule has 6 heteroatoms. The maximum atomic E-state index is 5.79. The van der Waals surface area contributed by atoms with Gasteiger partial charge in [-0.25, -0.2) is 4.68 Å². The van der Waals surface area contributed by atoms with Crippen LogP contribution in [0.3, 0.4) is 0 Å². The van der Waals surface area contributed by atoms with Crippen LogP contribution in [0.2, 0.25) is 0 Å². The summed E-state index contributed by atoms with van der Waals surface area (Å²) in [4.78, 5) is 8.34. The van der Waals surface area contributed by atoms with E-state index in [2.05, 4.69) is 15.1 Å². The van der Waals surface area contributed by atoms with E-state index in [0.29, 0.717) is 11.7 Å². The van der Waals surface area contributed by atoms with Crippen LogP contribution in [-0.4, -0.2) is 26.9 Å². The van der Waals surface area contributed by atoms with Crippen molar-refractivity contribution in [1.29, 1.82) is 0 Å². The lowest BCUT2D eigenvalue weighted by Gasteiger charge is -2.02. The van der Waals surface area contributed by atoms with Crippen molar-refractivity contribution < 1.29 is 4.74 Å². The van der Waals surface area contributed by atoms with Crippen molar-refractivity contribution in [2.45, 2.75) is 0 Å². The normalized spacial score (nSPS) is 10.4. The van der Waals surface area contributed by atoms with Crippen LogP contribution in [0.15, 0.2) is 49.1 Å². The Bertz CT molecular complexity index is 738. The molecular formula is C14H13N5O. The van der Waals surface area contributed by atoms with Crippen LogP contribution in [0, 0.1) is 0 Å². The number of methoxy groups -OCH3 is 1. The molecule has 3 aromatic rings. The van der Waals surface area contributed by atoms with Gasteiger partial charge in [0.1, 0.15) is 0 Å². The summed E-state index contributed by atoms with van der Waals surface area (Å²) in [5.41, 5.74) is 8.47. The first kappa shape index (κ1) is 12.2. The topological polar surface area (TPSA) is 78.9 Å². The number of nitrogens with two attached hydrogens (primary N) is 1. The molecule has 3 rings (SSSR count). The van der Waals surface area contributed by atoms with Crippen molar-refractivity contribution in [3.05, 3.63) is 49.1 Å². The Hall–Kier alpha value is -2.89. The summed E-state index contributed by atoms with van der Waals surface area (Å²) in [5.74, 6) is 1.04. The molecule has 0 bridgehead atoms. The number of nitrogen functional groups attached to an aromatic ring is 1. The third-order valence-electron chi connectivity index (χ3n) is 2.85. The average molecular weight is 267 g/mol. The van der Waals surface area contributed by atoms with Gasteiger partial charge in [0.2, 0.25) is 5.88 Å². The second-order valence-corrected chi connectivity index (χ2v) is 4.22. The SMILES string of the molecule is COc1cncc(-n2cc(-c3cccc(N)c3)cn2)n1. The molecule has 0 fully saturated rings. The van der Waals surface area contributed by atoms with E-state index in [1.54, 1.807) is 30.4 Å². The van der Waals surface area contributed by atoms with E-state index in [0.717, 1.165) is 16.8 Å². The zero-order valence-corrected chi connectivity index (χ0v) is 10.9. The highest BCUT2D eigenvalue weighted by Gasteiger charge is 2.06. The molecule has 6 nitrogen and oxygen atoms in total. The van der Waals surface area contributed by atoms with Crippen LogP contribution in [0.4, 0.5) is 5.69 Å². The Morgan fingerprint density at radius 3 is 2.85 bits per heavy atom. The second-order valence-electron chi connectivity index (χ2n) is 4.22. The van der Waals surface area contributed by atoms with Gasteiger partial charge in [0.05, 0.1) is 25.7 Å². The minimum Gasteiger partial charge on any atom is -0.480 e. The molecule has 20 heavy (non-hydrogen) atoms. The van der Waals surface area contributed by atoms with Crippen LogP contribution in [0.25, 0.3) is 16.9 Å². The van der Waals surface area contributed by atoms with Crippen LogP contribution in [-0.2, 0) is 0 Å². The molecule has 2 aromatic heterocycles. The van der Waals surface area contributed by atoms with E-state index < -0.39 is 0 Å². The van der Waals surface area contributed by atoms with Gasteiger partial charge < -0.3 is 10.5 Å². The molecule has 2 N–H and O–H groups in total. The second kappa shape index (κ2) is 5.00. The molecule has 2 heterocycles. The third kappa shape index (κ3) is 2.31. The molecule has 0 aliphatic heterocycles. The first-order chi connectivity index (χ1) is 9.76. The maximum absolute atomic E-state index is 5.79. The largest absolute Gasteiger partial charge is 0.480 e. The van der Waals surface area contributed by atoms with Gasteiger partial charge >= 0.3 is 0 Å². The van der Waals surface area contributed by atoms with Crippen molar-refractivity contribution in [3.8, 4) is 22.8 Å². The van der Waals surface area contributed by atoms with E-state index in [4.69, 9.17) is 10.5 Å². The number of benzene rings is 1. The Balaban J connectivity index is 1.97. The van der Waals surface area contributed by atoms with Gasteiger partial charge in [-0.1, -0.05) is 12.1 Å². The smallest absolute Gasteiger partial charge is 0.234 e. The molecule has 0 spiro atoms. The number of anilines is 1. The Morgan fingerprint density at radius 1 is 1.15 bits per heavy atom. The number of nitrogens with zero attached hydrogens (tertiary/aromatic N) is 4. The van der Waals surface area contributed by atoms with Gasteiger partial charge in [-0.2, -0.15) is 10.1 Å². The lowest BCUT2D eigenvalue weighted by atomic mass is 10.1. The summed E-state index contributed by atoms with van der Waals surface area (Å²) in [7, 11) is 1.55. The van der Waals surface area contributed by atoms with Crippen molar-refractivity contribution in [3.63, 3.8) is 0 Å². The number of hydrogen-bond acceptors (Lipinski definition) is 5. The molecule has 0 radical (unpaired) electrons. The van der Waals surface area contributed by atoms with Gasteiger partial charge in [0.25, 0.3) is 0 Å². The van der Waals surface area contributed by atoms with E-state index in [1.807, 2.05) is 30.5 Å². The zero-order chi connectivity index (χ0) is 13.9. The van der Waals surface area contributed by atoms with Gasteiger partial charge in [-0.05, 0) is 17.7 Å². The summed E-state index contributed by atoms with van der Waals surface area (Å²) in [6.07, 6.45) is 6.80. The molecule has 0 aliphatic carbocycles. The monoisotopic (exact) mass is 267 g/mol.